The lowest BCUT2D eigenvalue weighted by Gasteiger charge is -2.05. The van der Waals surface area contributed by atoms with Crippen LogP contribution in [0.4, 0.5) is 0 Å². The predicted molar refractivity (Wildman–Crippen MR) is 77.8 cm³/mol. The average Bonchev–Trinajstić information content (AvgIpc) is 2.46. The van der Waals surface area contributed by atoms with Crippen molar-refractivity contribution in [1.82, 2.24) is 19.4 Å². The first-order valence-electron chi connectivity index (χ1n) is 6.12. The van der Waals surface area contributed by atoms with Gasteiger partial charge < -0.3 is 0 Å². The highest BCUT2D eigenvalue weighted by Gasteiger charge is 2.05. The minimum atomic E-state index is -0.0577. The number of pyridine rings is 1. The third-order valence-electron chi connectivity index (χ3n) is 2.82. The van der Waals surface area contributed by atoms with Crippen molar-refractivity contribution in [3.8, 4) is 0 Å². The van der Waals surface area contributed by atoms with Gasteiger partial charge in [-0.15, -0.1) is 0 Å². The largest absolute Gasteiger partial charge is 0.269 e. The van der Waals surface area contributed by atoms with Crippen LogP contribution in [0.3, 0.4) is 0 Å². The van der Waals surface area contributed by atoms with E-state index < -0.39 is 0 Å². The molecule has 0 unspecified atom stereocenters. The molecule has 0 saturated heterocycles. The Balaban J connectivity index is 1.92. The molecule has 0 aliphatic rings. The van der Waals surface area contributed by atoms with E-state index in [9.17, 15) is 4.79 Å². The standard InChI is InChI=1S/C14H12N4OS/c1-10-4-2-5-12-17-11(8-13(19)18(10)12)9-20-14-15-6-3-7-16-14/h2-8H,9H2,1H3. The minimum Gasteiger partial charge on any atom is -0.269 e. The summed E-state index contributed by atoms with van der Waals surface area (Å²) in [5.74, 6) is 0.573. The second-order valence-electron chi connectivity index (χ2n) is 4.27. The zero-order chi connectivity index (χ0) is 13.9. The third kappa shape index (κ3) is 2.55. The van der Waals surface area contributed by atoms with Crippen molar-refractivity contribution in [2.45, 2.75) is 17.8 Å². The van der Waals surface area contributed by atoms with Crippen LogP contribution in [-0.4, -0.2) is 19.4 Å². The zero-order valence-electron chi connectivity index (χ0n) is 10.9. The number of fused-ring (bicyclic) bond motifs is 1. The molecule has 3 heterocycles. The van der Waals surface area contributed by atoms with E-state index in [0.29, 0.717) is 16.6 Å². The molecule has 5 nitrogen and oxygen atoms in total. The van der Waals surface area contributed by atoms with Crippen molar-refractivity contribution in [2.24, 2.45) is 0 Å². The molecule has 3 aromatic rings. The van der Waals surface area contributed by atoms with Crippen LogP contribution in [0, 0.1) is 6.92 Å². The van der Waals surface area contributed by atoms with E-state index in [4.69, 9.17) is 0 Å². The first-order valence-corrected chi connectivity index (χ1v) is 7.11. The summed E-state index contributed by atoms with van der Waals surface area (Å²) in [7, 11) is 0. The molecule has 3 rings (SSSR count). The SMILES string of the molecule is Cc1cccc2nc(CSc3ncccn3)cc(=O)n12. The van der Waals surface area contributed by atoms with Crippen molar-refractivity contribution in [3.05, 3.63) is 64.5 Å². The van der Waals surface area contributed by atoms with E-state index in [1.807, 2.05) is 25.1 Å². The topological polar surface area (TPSA) is 60.2 Å². The maximum atomic E-state index is 12.1. The number of hydrogen-bond donors (Lipinski definition) is 0. The van der Waals surface area contributed by atoms with Crippen LogP contribution in [-0.2, 0) is 5.75 Å². The minimum absolute atomic E-state index is 0.0577. The molecular formula is C14H12N4OS. The fourth-order valence-electron chi connectivity index (χ4n) is 1.94. The van der Waals surface area contributed by atoms with Gasteiger partial charge in [-0.25, -0.2) is 15.0 Å². The monoisotopic (exact) mass is 284 g/mol. The van der Waals surface area contributed by atoms with E-state index in [-0.39, 0.29) is 5.56 Å². The summed E-state index contributed by atoms with van der Waals surface area (Å²) in [6.07, 6.45) is 3.39. The maximum Gasteiger partial charge on any atom is 0.258 e. The summed E-state index contributed by atoms with van der Waals surface area (Å²) in [5, 5.41) is 0.679. The van der Waals surface area contributed by atoms with Gasteiger partial charge >= 0.3 is 0 Å². The Labute approximate surface area is 119 Å². The molecule has 0 bridgehead atoms. The lowest BCUT2D eigenvalue weighted by molar-refractivity contribution is 0.953. The molecule has 0 N–H and O–H groups in total. The summed E-state index contributed by atoms with van der Waals surface area (Å²) < 4.78 is 1.60. The maximum absolute atomic E-state index is 12.1. The lowest BCUT2D eigenvalue weighted by atomic mass is 10.3. The van der Waals surface area contributed by atoms with Gasteiger partial charge in [0.15, 0.2) is 5.16 Å². The van der Waals surface area contributed by atoms with Crippen LogP contribution >= 0.6 is 11.8 Å². The molecule has 0 amide bonds. The molecule has 0 radical (unpaired) electrons. The molecule has 0 saturated carbocycles. The summed E-state index contributed by atoms with van der Waals surface area (Å²) in [6.45, 7) is 1.89. The molecule has 20 heavy (non-hydrogen) atoms. The molecule has 0 aromatic carbocycles. The third-order valence-corrected chi connectivity index (χ3v) is 3.73. The number of hydrogen-bond acceptors (Lipinski definition) is 5. The highest BCUT2D eigenvalue weighted by atomic mass is 32.2. The van der Waals surface area contributed by atoms with Gasteiger partial charge in [0.05, 0.1) is 5.69 Å². The Morgan fingerprint density at radius 1 is 1.20 bits per heavy atom. The van der Waals surface area contributed by atoms with Gasteiger partial charge in [-0.2, -0.15) is 0 Å². The van der Waals surface area contributed by atoms with Gasteiger partial charge in [0.25, 0.3) is 5.56 Å². The van der Waals surface area contributed by atoms with E-state index in [0.717, 1.165) is 11.4 Å². The molecule has 6 heteroatoms. The van der Waals surface area contributed by atoms with Crippen molar-refractivity contribution in [3.63, 3.8) is 0 Å². The summed E-state index contributed by atoms with van der Waals surface area (Å²) in [4.78, 5) is 24.9. The van der Waals surface area contributed by atoms with Crippen molar-refractivity contribution in [1.29, 1.82) is 0 Å². The van der Waals surface area contributed by atoms with Crippen LogP contribution in [0.15, 0.2) is 52.7 Å². The second-order valence-corrected chi connectivity index (χ2v) is 5.21. The van der Waals surface area contributed by atoms with Gasteiger partial charge in [-0.3, -0.25) is 9.20 Å². The number of nitrogens with zero attached hydrogens (tertiary/aromatic N) is 4. The van der Waals surface area contributed by atoms with Crippen LogP contribution in [0.1, 0.15) is 11.4 Å². The fourth-order valence-corrected chi connectivity index (χ4v) is 2.63. The van der Waals surface area contributed by atoms with E-state index in [1.165, 1.54) is 11.8 Å². The molecule has 0 fully saturated rings. The quantitative estimate of drug-likeness (QED) is 0.544. The summed E-state index contributed by atoms with van der Waals surface area (Å²) in [6, 6.07) is 8.96. The molecule has 3 aromatic heterocycles. The van der Waals surface area contributed by atoms with Gasteiger partial charge in [-0.1, -0.05) is 17.8 Å². The fraction of sp³-hybridized carbons (Fsp3) is 0.143. The Bertz CT molecular complexity index is 801. The first kappa shape index (κ1) is 12.8. The van der Waals surface area contributed by atoms with Gasteiger partial charge in [-0.05, 0) is 25.1 Å². The number of aromatic nitrogens is 4. The molecule has 0 aliphatic carbocycles. The molecule has 0 aliphatic heterocycles. The zero-order valence-corrected chi connectivity index (χ0v) is 11.7. The van der Waals surface area contributed by atoms with Crippen molar-refractivity contribution < 1.29 is 0 Å². The van der Waals surface area contributed by atoms with Crippen LogP contribution in [0.2, 0.25) is 0 Å². The van der Waals surface area contributed by atoms with E-state index in [1.54, 1.807) is 28.9 Å². The highest BCUT2D eigenvalue weighted by molar-refractivity contribution is 7.98. The number of rotatable bonds is 3. The Morgan fingerprint density at radius 3 is 2.80 bits per heavy atom. The molecular weight excluding hydrogens is 272 g/mol. The van der Waals surface area contributed by atoms with Crippen LogP contribution < -0.4 is 5.56 Å². The van der Waals surface area contributed by atoms with Gasteiger partial charge in [0.1, 0.15) is 5.65 Å². The van der Waals surface area contributed by atoms with E-state index in [2.05, 4.69) is 15.0 Å². The smallest absolute Gasteiger partial charge is 0.258 e. The molecule has 0 atom stereocenters. The van der Waals surface area contributed by atoms with Gasteiger partial charge in [0, 0.05) is 29.9 Å². The highest BCUT2D eigenvalue weighted by Crippen LogP contribution is 2.16. The summed E-state index contributed by atoms with van der Waals surface area (Å²) >= 11 is 1.46. The lowest BCUT2D eigenvalue weighted by Crippen LogP contribution is -2.17. The van der Waals surface area contributed by atoms with Crippen molar-refractivity contribution in [2.75, 3.05) is 0 Å². The first-order chi connectivity index (χ1) is 9.74. The van der Waals surface area contributed by atoms with Crippen LogP contribution in [0.25, 0.3) is 5.65 Å². The summed E-state index contributed by atoms with van der Waals surface area (Å²) in [5.41, 5.74) is 2.23. The van der Waals surface area contributed by atoms with Crippen LogP contribution in [0.5, 0.6) is 0 Å². The van der Waals surface area contributed by atoms with Gasteiger partial charge in [0.2, 0.25) is 0 Å². The average molecular weight is 284 g/mol. The van der Waals surface area contributed by atoms with Crippen molar-refractivity contribution >= 4 is 17.4 Å². The second kappa shape index (κ2) is 5.42. The molecule has 100 valence electrons. The number of aryl methyl sites for hydroxylation is 1. The normalized spacial score (nSPS) is 10.8. The van der Waals surface area contributed by atoms with E-state index >= 15 is 0 Å². The number of thioether (sulfide) groups is 1. The Hall–Kier alpha value is -2.21. The molecule has 0 spiro atoms. The predicted octanol–water partition coefficient (Wildman–Crippen LogP) is 2.09. The Morgan fingerprint density at radius 2 is 2.00 bits per heavy atom. The Kier molecular flexibility index (Phi) is 3.47.